The van der Waals surface area contributed by atoms with Crippen LogP contribution in [0.25, 0.3) is 0 Å². The molecule has 4 unspecified atom stereocenters. The molecule has 1 amide bonds. The Morgan fingerprint density at radius 2 is 2.31 bits per heavy atom. The Morgan fingerprint density at radius 3 is 2.81 bits per heavy atom. The van der Waals surface area contributed by atoms with Gasteiger partial charge in [0, 0.05) is 34.9 Å². The summed E-state index contributed by atoms with van der Waals surface area (Å²) in [6.45, 7) is 4.94. The van der Waals surface area contributed by atoms with Crippen LogP contribution >= 0.6 is 0 Å². The molecule has 1 fully saturated rings. The normalized spacial score (nSPS) is 28.7. The topological polar surface area (TPSA) is 58.2 Å². The summed E-state index contributed by atoms with van der Waals surface area (Å²) >= 11 is 0. The smallest absolute Gasteiger partial charge is 0.224 e. The first-order valence-electron chi connectivity index (χ1n) is 5.84. The summed E-state index contributed by atoms with van der Waals surface area (Å²) in [4.78, 5) is 11.9. The zero-order valence-electron chi connectivity index (χ0n) is 10.3. The number of amides is 1. The second kappa shape index (κ2) is 6.35. The molecule has 0 aromatic rings. The van der Waals surface area contributed by atoms with Crippen LogP contribution < -0.4 is 10.6 Å². The third-order valence-corrected chi connectivity index (χ3v) is 3.90. The van der Waals surface area contributed by atoms with Gasteiger partial charge < -0.3 is 10.6 Å². The Balaban J connectivity index is 2.30. The van der Waals surface area contributed by atoms with Crippen molar-refractivity contribution in [2.45, 2.75) is 38.8 Å². The molecule has 5 heteroatoms. The van der Waals surface area contributed by atoms with Gasteiger partial charge in [-0.05, 0) is 33.2 Å². The summed E-state index contributed by atoms with van der Waals surface area (Å²) in [6.07, 6.45) is 3.39. The molecule has 94 valence electrons. The highest BCUT2D eigenvalue weighted by Gasteiger charge is 2.29. The fourth-order valence-corrected chi connectivity index (χ4v) is 2.67. The van der Waals surface area contributed by atoms with Crippen LogP contribution in [0.15, 0.2) is 0 Å². The maximum absolute atomic E-state index is 11.9. The van der Waals surface area contributed by atoms with Gasteiger partial charge in [-0.3, -0.25) is 9.00 Å². The maximum Gasteiger partial charge on any atom is 0.224 e. The summed E-state index contributed by atoms with van der Waals surface area (Å²) in [5.74, 6) is 0.876. The molecule has 1 aliphatic heterocycles. The number of nitrogens with one attached hydrogen (secondary N) is 2. The zero-order valence-corrected chi connectivity index (χ0v) is 11.1. The molecule has 1 aliphatic rings. The quantitative estimate of drug-likeness (QED) is 0.731. The average Bonchev–Trinajstić information content (AvgIpc) is 2.61. The van der Waals surface area contributed by atoms with Gasteiger partial charge in [0.2, 0.25) is 5.91 Å². The second-order valence-electron chi connectivity index (χ2n) is 4.61. The molecule has 1 rings (SSSR count). The van der Waals surface area contributed by atoms with Crippen molar-refractivity contribution in [3.63, 3.8) is 0 Å². The Kier molecular flexibility index (Phi) is 5.41. The van der Waals surface area contributed by atoms with Crippen LogP contribution in [0, 0.1) is 5.92 Å². The lowest BCUT2D eigenvalue weighted by Gasteiger charge is -2.19. The minimum Gasteiger partial charge on any atom is -0.353 e. The molecule has 0 radical (unpaired) electrons. The monoisotopic (exact) mass is 246 g/mol. The van der Waals surface area contributed by atoms with E-state index in [9.17, 15) is 9.00 Å². The van der Waals surface area contributed by atoms with E-state index in [0.717, 1.165) is 19.4 Å². The van der Waals surface area contributed by atoms with Gasteiger partial charge in [0.1, 0.15) is 0 Å². The van der Waals surface area contributed by atoms with Gasteiger partial charge in [-0.1, -0.05) is 0 Å². The minimum absolute atomic E-state index is 0.0922. The number of hydrogen-bond acceptors (Lipinski definition) is 3. The van der Waals surface area contributed by atoms with Crippen molar-refractivity contribution < 1.29 is 9.00 Å². The van der Waals surface area contributed by atoms with Crippen molar-refractivity contribution in [1.29, 1.82) is 0 Å². The maximum atomic E-state index is 11.9. The lowest BCUT2D eigenvalue weighted by Crippen LogP contribution is -2.41. The first-order chi connectivity index (χ1) is 7.50. The van der Waals surface area contributed by atoms with Crippen LogP contribution in [-0.2, 0) is 15.6 Å². The van der Waals surface area contributed by atoms with Gasteiger partial charge in [-0.2, -0.15) is 0 Å². The summed E-state index contributed by atoms with van der Waals surface area (Å²) in [5, 5.41) is 6.26. The lowest BCUT2D eigenvalue weighted by molar-refractivity contribution is -0.125. The van der Waals surface area contributed by atoms with E-state index in [1.165, 1.54) is 0 Å². The third kappa shape index (κ3) is 4.22. The van der Waals surface area contributed by atoms with Gasteiger partial charge in [0.25, 0.3) is 0 Å². The van der Waals surface area contributed by atoms with E-state index in [1.807, 2.05) is 13.8 Å². The average molecular weight is 246 g/mol. The predicted octanol–water partition coefficient (Wildman–Crippen LogP) is 0.258. The number of carbonyl (C=O) groups excluding carboxylic acids is 1. The van der Waals surface area contributed by atoms with Crippen LogP contribution in [0.2, 0.25) is 0 Å². The summed E-state index contributed by atoms with van der Waals surface area (Å²) in [5.41, 5.74) is 0. The van der Waals surface area contributed by atoms with Crippen molar-refractivity contribution >= 4 is 16.7 Å². The molecule has 0 bridgehead atoms. The fraction of sp³-hybridized carbons (Fsp3) is 0.909. The fourth-order valence-electron chi connectivity index (χ4n) is 1.98. The highest BCUT2D eigenvalue weighted by atomic mass is 32.2. The highest BCUT2D eigenvalue weighted by Crippen LogP contribution is 2.15. The Bertz CT molecular complexity index is 271. The molecular weight excluding hydrogens is 224 g/mol. The van der Waals surface area contributed by atoms with E-state index in [4.69, 9.17) is 0 Å². The molecule has 4 nitrogen and oxygen atoms in total. The molecule has 0 spiro atoms. The van der Waals surface area contributed by atoms with E-state index >= 15 is 0 Å². The molecule has 0 aliphatic carbocycles. The molecule has 16 heavy (non-hydrogen) atoms. The predicted molar refractivity (Wildman–Crippen MR) is 66.7 cm³/mol. The molecule has 0 aromatic carbocycles. The van der Waals surface area contributed by atoms with Crippen LogP contribution in [0.1, 0.15) is 26.7 Å². The Labute approximate surface area is 100 Å². The molecule has 1 heterocycles. The molecule has 1 saturated heterocycles. The van der Waals surface area contributed by atoms with Crippen LogP contribution in [0.3, 0.4) is 0 Å². The van der Waals surface area contributed by atoms with Gasteiger partial charge in [-0.15, -0.1) is 0 Å². The lowest BCUT2D eigenvalue weighted by atomic mass is 10.0. The van der Waals surface area contributed by atoms with Crippen molar-refractivity contribution in [1.82, 2.24) is 10.6 Å². The third-order valence-electron chi connectivity index (χ3n) is 3.09. The standard InChI is InChI=1S/C11H22N2O2S/c1-8(5-7-16(3)15)13-11(14)10-4-6-12-9(10)2/h8-10,12H,4-7H2,1-3H3,(H,13,14). The first-order valence-corrected chi connectivity index (χ1v) is 7.57. The van der Waals surface area contributed by atoms with Gasteiger partial charge in [0.05, 0.1) is 5.92 Å². The van der Waals surface area contributed by atoms with E-state index in [1.54, 1.807) is 6.26 Å². The largest absolute Gasteiger partial charge is 0.353 e. The van der Waals surface area contributed by atoms with E-state index in [-0.39, 0.29) is 23.9 Å². The minimum atomic E-state index is -0.774. The highest BCUT2D eigenvalue weighted by molar-refractivity contribution is 7.84. The second-order valence-corrected chi connectivity index (χ2v) is 6.17. The van der Waals surface area contributed by atoms with Crippen LogP contribution in [0.5, 0.6) is 0 Å². The Hall–Kier alpha value is -0.420. The molecule has 0 saturated carbocycles. The molecule has 2 N–H and O–H groups in total. The molecule has 4 atom stereocenters. The van der Waals surface area contributed by atoms with E-state index in [2.05, 4.69) is 10.6 Å². The Morgan fingerprint density at radius 1 is 1.62 bits per heavy atom. The van der Waals surface area contributed by atoms with Crippen LogP contribution in [-0.4, -0.2) is 40.8 Å². The van der Waals surface area contributed by atoms with Gasteiger partial charge in [-0.25, -0.2) is 0 Å². The van der Waals surface area contributed by atoms with Crippen molar-refractivity contribution in [2.75, 3.05) is 18.6 Å². The SMILES string of the molecule is CC(CCS(C)=O)NC(=O)C1CCNC1C. The number of carbonyl (C=O) groups is 1. The van der Waals surface area contributed by atoms with Crippen LogP contribution in [0.4, 0.5) is 0 Å². The van der Waals surface area contributed by atoms with E-state index < -0.39 is 10.8 Å². The summed E-state index contributed by atoms with van der Waals surface area (Å²) in [6, 6.07) is 0.386. The summed E-state index contributed by atoms with van der Waals surface area (Å²) < 4.78 is 10.9. The van der Waals surface area contributed by atoms with Crippen molar-refractivity contribution in [2.24, 2.45) is 5.92 Å². The molecule has 0 aromatic heterocycles. The van der Waals surface area contributed by atoms with E-state index in [0.29, 0.717) is 5.75 Å². The number of hydrogen-bond donors (Lipinski definition) is 2. The molecular formula is C11H22N2O2S. The first kappa shape index (κ1) is 13.6. The van der Waals surface area contributed by atoms with Gasteiger partial charge >= 0.3 is 0 Å². The van der Waals surface area contributed by atoms with Gasteiger partial charge in [0.15, 0.2) is 0 Å². The van der Waals surface area contributed by atoms with Crippen molar-refractivity contribution in [3.8, 4) is 0 Å². The summed E-state index contributed by atoms with van der Waals surface area (Å²) in [7, 11) is -0.774. The number of rotatable bonds is 5. The van der Waals surface area contributed by atoms with Crippen molar-refractivity contribution in [3.05, 3.63) is 0 Å². The zero-order chi connectivity index (χ0) is 12.1.